The van der Waals surface area contributed by atoms with E-state index in [0.29, 0.717) is 6.42 Å². The van der Waals surface area contributed by atoms with Gasteiger partial charge >= 0.3 is 12.0 Å². The van der Waals surface area contributed by atoms with Crippen LogP contribution in [0.25, 0.3) is 0 Å². The van der Waals surface area contributed by atoms with Gasteiger partial charge in [-0.05, 0) is 12.3 Å². The molecule has 1 aliphatic heterocycles. The molecule has 0 aliphatic carbocycles. The van der Waals surface area contributed by atoms with Crippen LogP contribution in [-0.2, 0) is 19.4 Å². The molecule has 9 heteroatoms. The molecule has 1 atom stereocenters. The molecular formula is C10H16N2O6S. The molecule has 3 amide bonds. The Morgan fingerprint density at radius 2 is 1.89 bits per heavy atom. The van der Waals surface area contributed by atoms with Crippen LogP contribution in [0.2, 0.25) is 0 Å². The van der Waals surface area contributed by atoms with Crippen LogP contribution in [0.15, 0.2) is 0 Å². The van der Waals surface area contributed by atoms with E-state index in [-0.39, 0.29) is 36.8 Å². The molecule has 1 fully saturated rings. The molecule has 0 aromatic rings. The molecule has 19 heavy (non-hydrogen) atoms. The summed E-state index contributed by atoms with van der Waals surface area (Å²) in [6, 6.07) is -0.736. The lowest BCUT2D eigenvalue weighted by Gasteiger charge is -2.09. The van der Waals surface area contributed by atoms with E-state index in [0.717, 1.165) is 0 Å². The zero-order valence-electron chi connectivity index (χ0n) is 10.2. The smallest absolute Gasteiger partial charge is 0.321 e. The highest BCUT2D eigenvalue weighted by molar-refractivity contribution is 7.91. The van der Waals surface area contributed by atoms with Gasteiger partial charge in [0.2, 0.25) is 5.91 Å². The normalized spacial score (nSPS) is 20.7. The number of carbonyl (C=O) groups excluding carboxylic acids is 2. The predicted octanol–water partition coefficient (Wildman–Crippen LogP) is -0.888. The number of amides is 3. The van der Waals surface area contributed by atoms with Crippen molar-refractivity contribution in [2.24, 2.45) is 5.92 Å². The molecule has 0 radical (unpaired) electrons. The molecule has 0 aromatic heterocycles. The zero-order valence-corrected chi connectivity index (χ0v) is 11.0. The van der Waals surface area contributed by atoms with Crippen LogP contribution in [-0.4, -0.2) is 49.5 Å². The van der Waals surface area contributed by atoms with E-state index in [1.54, 1.807) is 0 Å². The fraction of sp³-hybridized carbons (Fsp3) is 0.700. The Morgan fingerprint density at radius 1 is 1.21 bits per heavy atom. The maximum Gasteiger partial charge on any atom is 0.321 e. The molecule has 1 heterocycles. The van der Waals surface area contributed by atoms with Crippen molar-refractivity contribution in [1.82, 2.24) is 10.6 Å². The minimum absolute atomic E-state index is 0.0419. The van der Waals surface area contributed by atoms with Gasteiger partial charge in [0.15, 0.2) is 9.84 Å². The van der Waals surface area contributed by atoms with Crippen molar-refractivity contribution in [3.05, 3.63) is 0 Å². The van der Waals surface area contributed by atoms with Crippen LogP contribution in [0.3, 0.4) is 0 Å². The van der Waals surface area contributed by atoms with Gasteiger partial charge in [-0.2, -0.15) is 0 Å². The van der Waals surface area contributed by atoms with Crippen molar-refractivity contribution >= 4 is 27.7 Å². The average molecular weight is 292 g/mol. The average Bonchev–Trinajstić information content (AvgIpc) is 2.64. The van der Waals surface area contributed by atoms with Crippen LogP contribution in [0.5, 0.6) is 0 Å². The molecule has 1 saturated heterocycles. The maximum atomic E-state index is 11.3. The van der Waals surface area contributed by atoms with Crippen LogP contribution in [0, 0.1) is 5.92 Å². The van der Waals surface area contributed by atoms with Crippen molar-refractivity contribution in [1.29, 1.82) is 0 Å². The highest BCUT2D eigenvalue weighted by atomic mass is 32.2. The number of carboxylic acids is 1. The lowest BCUT2D eigenvalue weighted by atomic mass is 10.1. The molecule has 3 N–H and O–H groups in total. The van der Waals surface area contributed by atoms with E-state index in [1.807, 2.05) is 5.32 Å². The third kappa shape index (κ3) is 6.18. The van der Waals surface area contributed by atoms with Crippen molar-refractivity contribution in [2.75, 3.05) is 18.1 Å². The first-order chi connectivity index (χ1) is 8.78. The fourth-order valence-electron chi connectivity index (χ4n) is 1.72. The number of carboxylic acid groups (broad SMARTS) is 1. The maximum absolute atomic E-state index is 11.3. The lowest BCUT2D eigenvalue weighted by molar-refractivity contribution is -0.138. The highest BCUT2D eigenvalue weighted by Gasteiger charge is 2.27. The third-order valence-electron chi connectivity index (χ3n) is 2.70. The number of rotatable bonds is 5. The van der Waals surface area contributed by atoms with Gasteiger partial charge in [-0.1, -0.05) is 0 Å². The molecule has 0 bridgehead atoms. The Kier molecular flexibility index (Phi) is 5.28. The Balaban J connectivity index is 2.21. The summed E-state index contributed by atoms with van der Waals surface area (Å²) in [4.78, 5) is 32.6. The van der Waals surface area contributed by atoms with Gasteiger partial charge in [0, 0.05) is 13.0 Å². The van der Waals surface area contributed by atoms with E-state index < -0.39 is 27.7 Å². The summed E-state index contributed by atoms with van der Waals surface area (Å²) >= 11 is 0. The number of carbonyl (C=O) groups is 3. The second kappa shape index (κ2) is 6.50. The predicted molar refractivity (Wildman–Crippen MR) is 65.2 cm³/mol. The minimum atomic E-state index is -2.99. The Bertz CT molecular complexity index is 472. The lowest BCUT2D eigenvalue weighted by Crippen LogP contribution is -2.41. The van der Waals surface area contributed by atoms with Gasteiger partial charge in [0.1, 0.15) is 0 Å². The Morgan fingerprint density at radius 3 is 2.42 bits per heavy atom. The third-order valence-corrected chi connectivity index (χ3v) is 4.53. The summed E-state index contributed by atoms with van der Waals surface area (Å²) < 4.78 is 22.3. The molecule has 108 valence electrons. The van der Waals surface area contributed by atoms with E-state index in [4.69, 9.17) is 5.11 Å². The van der Waals surface area contributed by atoms with Crippen molar-refractivity contribution in [3.8, 4) is 0 Å². The molecule has 0 aromatic carbocycles. The number of aliphatic carboxylic acids is 1. The second-order valence-corrected chi connectivity index (χ2v) is 6.65. The topological polar surface area (TPSA) is 130 Å². The van der Waals surface area contributed by atoms with Gasteiger partial charge < -0.3 is 10.4 Å². The first-order valence-corrected chi connectivity index (χ1v) is 7.60. The largest absolute Gasteiger partial charge is 0.481 e. The van der Waals surface area contributed by atoms with Crippen LogP contribution in [0.4, 0.5) is 4.79 Å². The van der Waals surface area contributed by atoms with E-state index in [9.17, 15) is 22.8 Å². The monoisotopic (exact) mass is 292 g/mol. The van der Waals surface area contributed by atoms with Gasteiger partial charge in [-0.3, -0.25) is 14.9 Å². The first-order valence-electron chi connectivity index (χ1n) is 5.78. The first kappa shape index (κ1) is 15.4. The SMILES string of the molecule is O=C(O)CCC(=O)NC(=O)NCC1CCS(=O)(=O)C1. The summed E-state index contributed by atoms with van der Waals surface area (Å²) in [5.41, 5.74) is 0. The Hall–Kier alpha value is -1.64. The number of imide groups is 1. The van der Waals surface area contributed by atoms with Gasteiger partial charge in [-0.25, -0.2) is 13.2 Å². The minimum Gasteiger partial charge on any atom is -0.481 e. The summed E-state index contributed by atoms with van der Waals surface area (Å²) in [6.45, 7) is 0.178. The van der Waals surface area contributed by atoms with Crippen LogP contribution in [0.1, 0.15) is 19.3 Å². The number of nitrogens with one attached hydrogen (secondary N) is 2. The van der Waals surface area contributed by atoms with E-state index >= 15 is 0 Å². The second-order valence-electron chi connectivity index (χ2n) is 4.42. The molecule has 1 unspecified atom stereocenters. The fourth-order valence-corrected chi connectivity index (χ4v) is 3.59. The molecule has 8 nitrogen and oxygen atoms in total. The van der Waals surface area contributed by atoms with Crippen molar-refractivity contribution in [3.63, 3.8) is 0 Å². The molecule has 0 saturated carbocycles. The summed E-state index contributed by atoms with van der Waals surface area (Å²) in [5.74, 6) is -1.77. The summed E-state index contributed by atoms with van der Waals surface area (Å²) in [6.07, 6.45) is -0.129. The highest BCUT2D eigenvalue weighted by Crippen LogP contribution is 2.17. The number of urea groups is 1. The number of sulfone groups is 1. The molecule has 1 rings (SSSR count). The Labute approximate surface area is 110 Å². The summed E-state index contributed by atoms with van der Waals surface area (Å²) in [5, 5.41) is 12.7. The number of hydrogen-bond donors (Lipinski definition) is 3. The summed E-state index contributed by atoms with van der Waals surface area (Å²) in [7, 11) is -2.99. The van der Waals surface area contributed by atoms with E-state index in [2.05, 4.69) is 5.32 Å². The van der Waals surface area contributed by atoms with Gasteiger partial charge in [-0.15, -0.1) is 0 Å². The van der Waals surface area contributed by atoms with Gasteiger partial charge in [0.05, 0.1) is 17.9 Å². The van der Waals surface area contributed by atoms with Crippen LogP contribution < -0.4 is 10.6 Å². The molecule has 0 spiro atoms. The molecular weight excluding hydrogens is 276 g/mol. The molecule has 1 aliphatic rings. The van der Waals surface area contributed by atoms with Crippen LogP contribution >= 0.6 is 0 Å². The van der Waals surface area contributed by atoms with Crippen molar-refractivity contribution in [2.45, 2.75) is 19.3 Å². The van der Waals surface area contributed by atoms with Gasteiger partial charge in [0.25, 0.3) is 0 Å². The van der Waals surface area contributed by atoms with E-state index in [1.165, 1.54) is 0 Å². The number of hydrogen-bond acceptors (Lipinski definition) is 5. The quantitative estimate of drug-likeness (QED) is 0.603. The zero-order chi connectivity index (χ0) is 14.5. The van der Waals surface area contributed by atoms with Crippen molar-refractivity contribution < 1.29 is 27.9 Å². The standard InChI is InChI=1S/C10H16N2O6S/c13-8(1-2-9(14)15)12-10(16)11-5-7-3-4-19(17,18)6-7/h7H,1-6H2,(H,14,15)(H2,11,12,13,16).